The van der Waals surface area contributed by atoms with Gasteiger partial charge in [0.25, 0.3) is 5.91 Å². The van der Waals surface area contributed by atoms with Gasteiger partial charge < -0.3 is 9.47 Å². The normalized spacial score (nSPS) is 11.1. The van der Waals surface area contributed by atoms with Gasteiger partial charge in [0.15, 0.2) is 17.4 Å². The maximum absolute atomic E-state index is 13.0. The van der Waals surface area contributed by atoms with Crippen LogP contribution in [0, 0.1) is 0 Å². The molecule has 1 aromatic carbocycles. The Balaban J connectivity index is 2.07. The molecule has 0 bridgehead atoms. The van der Waals surface area contributed by atoms with Gasteiger partial charge in [-0.25, -0.2) is 9.78 Å². The molecule has 2 rings (SSSR count). The number of rotatable bonds is 7. The monoisotopic (exact) mass is 402 g/mol. The summed E-state index contributed by atoms with van der Waals surface area (Å²) in [4.78, 5) is 26.2. The second-order valence-corrected chi connectivity index (χ2v) is 6.25. The molecule has 0 aliphatic carbocycles. The standard InChI is InChI=1S/C17H17F3N2O4S/c1-3-10-6-5-7-11(8-10)26-9-12(23)21-16-22-14(17(18,19)20)13(27-16)15(24)25-4-2/h5-8H,3-4,9H2,1-2H3,(H,21,22,23). The second-order valence-electron chi connectivity index (χ2n) is 5.25. The fourth-order valence-electron chi connectivity index (χ4n) is 2.06. The molecule has 0 atom stereocenters. The van der Waals surface area contributed by atoms with E-state index in [0.717, 1.165) is 12.0 Å². The summed E-state index contributed by atoms with van der Waals surface area (Å²) in [5.41, 5.74) is -0.375. The Labute approximate surface area is 157 Å². The third-order valence-corrected chi connectivity index (χ3v) is 4.23. The highest BCUT2D eigenvalue weighted by molar-refractivity contribution is 7.17. The van der Waals surface area contributed by atoms with E-state index in [4.69, 9.17) is 4.74 Å². The van der Waals surface area contributed by atoms with Crippen LogP contribution in [0.4, 0.5) is 18.3 Å². The van der Waals surface area contributed by atoms with Crippen LogP contribution in [-0.2, 0) is 22.1 Å². The van der Waals surface area contributed by atoms with Gasteiger partial charge in [-0.05, 0) is 31.0 Å². The Morgan fingerprint density at radius 3 is 2.63 bits per heavy atom. The molecule has 0 aliphatic heterocycles. The fourth-order valence-corrected chi connectivity index (χ4v) is 2.96. The number of hydrogen-bond donors (Lipinski definition) is 1. The molecule has 146 valence electrons. The van der Waals surface area contributed by atoms with Crippen molar-refractivity contribution in [1.29, 1.82) is 0 Å². The van der Waals surface area contributed by atoms with Crippen molar-refractivity contribution in [2.45, 2.75) is 26.4 Å². The van der Waals surface area contributed by atoms with Gasteiger partial charge in [-0.1, -0.05) is 30.4 Å². The quantitative estimate of drug-likeness (QED) is 0.711. The van der Waals surface area contributed by atoms with E-state index < -0.39 is 35.2 Å². The van der Waals surface area contributed by atoms with Crippen molar-refractivity contribution >= 4 is 28.3 Å². The molecule has 0 saturated heterocycles. The number of hydrogen-bond acceptors (Lipinski definition) is 6. The molecule has 27 heavy (non-hydrogen) atoms. The van der Waals surface area contributed by atoms with E-state index in [1.807, 2.05) is 13.0 Å². The first-order chi connectivity index (χ1) is 12.7. The molecule has 6 nitrogen and oxygen atoms in total. The molecule has 10 heteroatoms. The number of halogens is 3. The molecule has 0 saturated carbocycles. The molecule has 2 aromatic rings. The molecule has 1 amide bonds. The molecular formula is C17H17F3N2O4S. The summed E-state index contributed by atoms with van der Waals surface area (Å²) in [6.07, 6.45) is -4.06. The lowest BCUT2D eigenvalue weighted by Gasteiger charge is -2.07. The van der Waals surface area contributed by atoms with Gasteiger partial charge in [0.2, 0.25) is 0 Å². The maximum atomic E-state index is 13.0. The van der Waals surface area contributed by atoms with Crippen LogP contribution < -0.4 is 10.1 Å². The number of amides is 1. The van der Waals surface area contributed by atoms with Crippen LogP contribution in [0.5, 0.6) is 5.75 Å². The summed E-state index contributed by atoms with van der Waals surface area (Å²) in [6.45, 7) is 2.94. The van der Waals surface area contributed by atoms with Gasteiger partial charge in [-0.15, -0.1) is 0 Å². The minimum atomic E-state index is -4.85. The lowest BCUT2D eigenvalue weighted by molar-refractivity contribution is -0.141. The van der Waals surface area contributed by atoms with Crippen LogP contribution in [0.2, 0.25) is 0 Å². The smallest absolute Gasteiger partial charge is 0.435 e. The fraction of sp³-hybridized carbons (Fsp3) is 0.353. The van der Waals surface area contributed by atoms with Gasteiger partial charge in [0.05, 0.1) is 6.61 Å². The number of anilines is 1. The average Bonchev–Trinajstić information content (AvgIpc) is 3.05. The van der Waals surface area contributed by atoms with Crippen LogP contribution in [0.15, 0.2) is 24.3 Å². The van der Waals surface area contributed by atoms with Crippen LogP contribution in [0.1, 0.15) is 34.8 Å². The van der Waals surface area contributed by atoms with Crippen molar-refractivity contribution in [2.24, 2.45) is 0 Å². The summed E-state index contributed by atoms with van der Waals surface area (Å²) < 4.78 is 49.0. The molecule has 0 spiro atoms. The van der Waals surface area contributed by atoms with Crippen molar-refractivity contribution in [1.82, 2.24) is 4.98 Å². The Morgan fingerprint density at radius 1 is 1.26 bits per heavy atom. The number of nitrogens with one attached hydrogen (secondary N) is 1. The molecule has 0 radical (unpaired) electrons. The van der Waals surface area contributed by atoms with Crippen molar-refractivity contribution in [3.05, 3.63) is 40.4 Å². The van der Waals surface area contributed by atoms with E-state index in [-0.39, 0.29) is 11.7 Å². The van der Waals surface area contributed by atoms with Crippen molar-refractivity contribution in [3.63, 3.8) is 0 Å². The molecular weight excluding hydrogens is 385 g/mol. The van der Waals surface area contributed by atoms with E-state index in [1.54, 1.807) is 18.2 Å². The van der Waals surface area contributed by atoms with Crippen molar-refractivity contribution in [2.75, 3.05) is 18.5 Å². The summed E-state index contributed by atoms with van der Waals surface area (Å²) in [7, 11) is 0. The van der Waals surface area contributed by atoms with Gasteiger partial charge in [-0.2, -0.15) is 13.2 Å². The van der Waals surface area contributed by atoms with Gasteiger partial charge in [0, 0.05) is 0 Å². The second kappa shape index (κ2) is 8.85. The lowest BCUT2D eigenvalue weighted by Crippen LogP contribution is -2.20. The molecule has 0 unspecified atom stereocenters. The lowest BCUT2D eigenvalue weighted by atomic mass is 10.2. The number of alkyl halides is 3. The topological polar surface area (TPSA) is 77.5 Å². The minimum absolute atomic E-state index is 0.0829. The van der Waals surface area contributed by atoms with Crippen LogP contribution >= 0.6 is 11.3 Å². The SMILES string of the molecule is CCOC(=O)c1sc(NC(=O)COc2cccc(CC)c2)nc1C(F)(F)F. The first-order valence-electron chi connectivity index (χ1n) is 8.01. The third kappa shape index (κ3) is 5.68. The Bertz CT molecular complexity index is 821. The number of esters is 1. The number of aromatic nitrogens is 1. The predicted molar refractivity (Wildman–Crippen MR) is 93.0 cm³/mol. The largest absolute Gasteiger partial charge is 0.484 e. The van der Waals surface area contributed by atoms with E-state index in [9.17, 15) is 22.8 Å². The van der Waals surface area contributed by atoms with E-state index in [2.05, 4.69) is 15.0 Å². The van der Waals surface area contributed by atoms with Gasteiger partial charge in [0.1, 0.15) is 10.6 Å². The number of aryl methyl sites for hydroxylation is 1. The first kappa shape index (κ1) is 20.7. The Kier molecular flexibility index (Phi) is 6.78. The Morgan fingerprint density at radius 2 is 2.00 bits per heavy atom. The highest BCUT2D eigenvalue weighted by Gasteiger charge is 2.40. The molecule has 1 aromatic heterocycles. The summed E-state index contributed by atoms with van der Waals surface area (Å²) >= 11 is 0.397. The molecule has 0 aliphatic rings. The van der Waals surface area contributed by atoms with E-state index in [1.165, 1.54) is 6.92 Å². The minimum Gasteiger partial charge on any atom is -0.484 e. The molecule has 1 heterocycles. The number of carbonyl (C=O) groups excluding carboxylic acids is 2. The molecule has 0 fully saturated rings. The predicted octanol–water partition coefficient (Wildman–Crippen LogP) is 3.92. The van der Waals surface area contributed by atoms with E-state index >= 15 is 0 Å². The van der Waals surface area contributed by atoms with E-state index in [0.29, 0.717) is 17.1 Å². The van der Waals surface area contributed by atoms with Crippen LogP contribution in [0.25, 0.3) is 0 Å². The average molecular weight is 402 g/mol. The van der Waals surface area contributed by atoms with Gasteiger partial charge >= 0.3 is 12.1 Å². The summed E-state index contributed by atoms with van der Waals surface area (Å²) in [6, 6.07) is 7.10. The third-order valence-electron chi connectivity index (χ3n) is 3.28. The number of nitrogens with zero attached hydrogens (tertiary/aromatic N) is 1. The number of carbonyl (C=O) groups is 2. The van der Waals surface area contributed by atoms with Crippen molar-refractivity contribution in [3.8, 4) is 5.75 Å². The zero-order valence-electron chi connectivity index (χ0n) is 14.6. The first-order valence-corrected chi connectivity index (χ1v) is 8.83. The zero-order chi connectivity index (χ0) is 20.0. The highest BCUT2D eigenvalue weighted by Crippen LogP contribution is 2.36. The number of ether oxygens (including phenoxy) is 2. The summed E-state index contributed by atoms with van der Waals surface area (Å²) in [5, 5.41) is 1.85. The van der Waals surface area contributed by atoms with Crippen molar-refractivity contribution < 1.29 is 32.2 Å². The summed E-state index contributed by atoms with van der Waals surface area (Å²) in [5.74, 6) is -1.38. The number of benzene rings is 1. The highest BCUT2D eigenvalue weighted by atomic mass is 32.1. The van der Waals surface area contributed by atoms with Gasteiger partial charge in [-0.3, -0.25) is 10.1 Å². The molecule has 1 N–H and O–H groups in total. The maximum Gasteiger partial charge on any atom is 0.435 e. The zero-order valence-corrected chi connectivity index (χ0v) is 15.4. The Hall–Kier alpha value is -2.62. The van der Waals surface area contributed by atoms with Crippen LogP contribution in [-0.4, -0.2) is 30.1 Å². The van der Waals surface area contributed by atoms with Crippen LogP contribution in [0.3, 0.4) is 0 Å². The number of thiazole rings is 1.